The minimum absolute atomic E-state index is 0.0726. The van der Waals surface area contributed by atoms with Crippen LogP contribution in [0.2, 0.25) is 0 Å². The number of pyridine rings is 1. The molecule has 1 aromatic heterocycles. The van der Waals surface area contributed by atoms with Gasteiger partial charge in [0.1, 0.15) is 5.56 Å². The Bertz CT molecular complexity index is 686. The third-order valence-corrected chi connectivity index (χ3v) is 2.34. The van der Waals surface area contributed by atoms with Crippen LogP contribution in [0.3, 0.4) is 0 Å². The average Bonchev–Trinajstić information content (AvgIpc) is 2.26. The van der Waals surface area contributed by atoms with Crippen molar-refractivity contribution in [3.63, 3.8) is 0 Å². The Morgan fingerprint density at radius 3 is 2.29 bits per heavy atom. The van der Waals surface area contributed by atoms with Crippen molar-refractivity contribution in [1.82, 2.24) is 4.98 Å². The van der Waals surface area contributed by atoms with Gasteiger partial charge in [0, 0.05) is 0 Å². The quantitative estimate of drug-likeness (QED) is 0.714. The summed E-state index contributed by atoms with van der Waals surface area (Å²) >= 11 is 0. The predicted molar refractivity (Wildman–Crippen MR) is 58.5 cm³/mol. The van der Waals surface area contributed by atoms with Crippen LogP contribution in [0, 0.1) is 0 Å². The molecule has 6 nitrogen and oxygen atoms in total. The number of fused-ring (bicyclic) bond motifs is 1. The highest BCUT2D eigenvalue weighted by atomic mass is 16.4. The number of carboxylic acids is 2. The van der Waals surface area contributed by atoms with Crippen LogP contribution in [0.5, 0.6) is 0 Å². The molecular formula is C11H7NO5. The van der Waals surface area contributed by atoms with Crippen LogP contribution in [0.15, 0.2) is 29.1 Å². The SMILES string of the molecule is O=C(O)c1cc2cccc(C(=O)O)c2[nH]c1=O. The molecule has 6 heteroatoms. The second-order valence-corrected chi connectivity index (χ2v) is 3.39. The molecule has 1 heterocycles. The monoisotopic (exact) mass is 233 g/mol. The number of nitrogens with one attached hydrogen (secondary N) is 1. The minimum Gasteiger partial charge on any atom is -0.478 e. The maximum atomic E-state index is 11.4. The second kappa shape index (κ2) is 3.75. The Balaban J connectivity index is 2.87. The van der Waals surface area contributed by atoms with Gasteiger partial charge < -0.3 is 15.2 Å². The van der Waals surface area contributed by atoms with Crippen molar-refractivity contribution in [2.75, 3.05) is 0 Å². The van der Waals surface area contributed by atoms with Gasteiger partial charge in [-0.25, -0.2) is 9.59 Å². The Kier molecular flexibility index (Phi) is 2.40. The van der Waals surface area contributed by atoms with Gasteiger partial charge in [-0.1, -0.05) is 12.1 Å². The van der Waals surface area contributed by atoms with Crippen LogP contribution in [0.25, 0.3) is 10.9 Å². The van der Waals surface area contributed by atoms with Gasteiger partial charge >= 0.3 is 11.9 Å². The van der Waals surface area contributed by atoms with E-state index >= 15 is 0 Å². The van der Waals surface area contributed by atoms with Gasteiger partial charge in [-0.15, -0.1) is 0 Å². The summed E-state index contributed by atoms with van der Waals surface area (Å²) in [6, 6.07) is 5.50. The summed E-state index contributed by atoms with van der Waals surface area (Å²) in [7, 11) is 0. The van der Waals surface area contributed by atoms with E-state index in [0.29, 0.717) is 5.39 Å². The number of aromatic carboxylic acids is 2. The molecule has 3 N–H and O–H groups in total. The lowest BCUT2D eigenvalue weighted by Gasteiger charge is -2.03. The first-order valence-electron chi connectivity index (χ1n) is 4.63. The molecule has 86 valence electrons. The maximum absolute atomic E-state index is 11.4. The van der Waals surface area contributed by atoms with E-state index in [0.717, 1.165) is 6.07 Å². The zero-order valence-corrected chi connectivity index (χ0v) is 8.43. The molecule has 0 spiro atoms. The summed E-state index contributed by atoms with van der Waals surface area (Å²) in [6.45, 7) is 0. The van der Waals surface area contributed by atoms with Crippen molar-refractivity contribution in [2.45, 2.75) is 0 Å². The normalized spacial score (nSPS) is 10.4. The Labute approximate surface area is 94.1 Å². The van der Waals surface area contributed by atoms with Crippen molar-refractivity contribution in [2.24, 2.45) is 0 Å². The van der Waals surface area contributed by atoms with E-state index in [-0.39, 0.29) is 11.1 Å². The molecule has 0 unspecified atom stereocenters. The van der Waals surface area contributed by atoms with Crippen LogP contribution in [0.4, 0.5) is 0 Å². The van der Waals surface area contributed by atoms with Crippen LogP contribution < -0.4 is 5.56 Å². The van der Waals surface area contributed by atoms with E-state index in [4.69, 9.17) is 10.2 Å². The highest BCUT2D eigenvalue weighted by Gasteiger charge is 2.13. The van der Waals surface area contributed by atoms with Gasteiger partial charge in [0.2, 0.25) is 0 Å². The molecule has 2 aromatic rings. The maximum Gasteiger partial charge on any atom is 0.341 e. The lowest BCUT2D eigenvalue weighted by molar-refractivity contribution is 0.0687. The molecule has 0 aliphatic heterocycles. The van der Waals surface area contributed by atoms with E-state index in [1.165, 1.54) is 18.2 Å². The molecule has 2 rings (SSSR count). The number of carbonyl (C=O) groups is 2. The van der Waals surface area contributed by atoms with Gasteiger partial charge in [0.25, 0.3) is 5.56 Å². The van der Waals surface area contributed by atoms with Crippen LogP contribution in [0.1, 0.15) is 20.7 Å². The van der Waals surface area contributed by atoms with Crippen molar-refractivity contribution in [3.8, 4) is 0 Å². The molecule has 0 radical (unpaired) electrons. The van der Waals surface area contributed by atoms with E-state index < -0.39 is 23.1 Å². The molecule has 0 aliphatic rings. The number of hydrogen-bond acceptors (Lipinski definition) is 3. The fourth-order valence-corrected chi connectivity index (χ4v) is 1.57. The highest BCUT2D eigenvalue weighted by Crippen LogP contribution is 2.15. The summed E-state index contributed by atoms with van der Waals surface area (Å²) in [6.07, 6.45) is 0. The number of benzene rings is 1. The molecular weight excluding hydrogens is 226 g/mol. The number of para-hydroxylation sites is 1. The molecule has 0 atom stereocenters. The Hall–Kier alpha value is -2.63. The summed E-state index contributed by atoms with van der Waals surface area (Å²) in [5.41, 5.74) is -1.19. The molecule has 1 aromatic carbocycles. The van der Waals surface area contributed by atoms with Gasteiger partial charge in [0.05, 0.1) is 11.1 Å². The zero-order chi connectivity index (χ0) is 12.6. The highest BCUT2D eigenvalue weighted by molar-refractivity contribution is 6.03. The first kappa shape index (κ1) is 10.9. The smallest absolute Gasteiger partial charge is 0.341 e. The van der Waals surface area contributed by atoms with E-state index in [2.05, 4.69) is 4.98 Å². The molecule has 0 bridgehead atoms. The summed E-state index contributed by atoms with van der Waals surface area (Å²) < 4.78 is 0. The number of H-pyrrole nitrogens is 1. The van der Waals surface area contributed by atoms with Crippen molar-refractivity contribution >= 4 is 22.8 Å². The summed E-state index contributed by atoms with van der Waals surface area (Å²) in [4.78, 5) is 35.3. The van der Waals surface area contributed by atoms with Crippen molar-refractivity contribution in [3.05, 3.63) is 45.7 Å². The molecule has 17 heavy (non-hydrogen) atoms. The third-order valence-electron chi connectivity index (χ3n) is 2.34. The average molecular weight is 233 g/mol. The lowest BCUT2D eigenvalue weighted by Crippen LogP contribution is -2.18. The van der Waals surface area contributed by atoms with Gasteiger partial charge in [-0.3, -0.25) is 4.79 Å². The summed E-state index contributed by atoms with van der Waals surface area (Å²) in [5.74, 6) is -2.54. The van der Waals surface area contributed by atoms with Gasteiger partial charge in [0.15, 0.2) is 0 Å². The van der Waals surface area contributed by atoms with Gasteiger partial charge in [-0.2, -0.15) is 0 Å². The Morgan fingerprint density at radius 2 is 1.71 bits per heavy atom. The van der Waals surface area contributed by atoms with Crippen LogP contribution in [-0.2, 0) is 0 Å². The van der Waals surface area contributed by atoms with E-state index in [1.54, 1.807) is 0 Å². The van der Waals surface area contributed by atoms with Crippen LogP contribution >= 0.6 is 0 Å². The van der Waals surface area contributed by atoms with Crippen molar-refractivity contribution < 1.29 is 19.8 Å². The standard InChI is InChI=1S/C11H7NO5/c13-9-7(11(16)17)4-5-2-1-3-6(10(14)15)8(5)12-9/h1-4H,(H,12,13)(H,14,15)(H,16,17). The predicted octanol–water partition coefficient (Wildman–Crippen LogP) is 0.924. The number of aromatic amines is 1. The second-order valence-electron chi connectivity index (χ2n) is 3.39. The molecule has 0 aliphatic carbocycles. The number of rotatable bonds is 2. The zero-order valence-electron chi connectivity index (χ0n) is 8.43. The van der Waals surface area contributed by atoms with Crippen molar-refractivity contribution in [1.29, 1.82) is 0 Å². The Morgan fingerprint density at radius 1 is 1.06 bits per heavy atom. The first-order valence-corrected chi connectivity index (χ1v) is 4.63. The molecule has 0 fully saturated rings. The van der Waals surface area contributed by atoms with Gasteiger partial charge in [-0.05, 0) is 17.5 Å². The summed E-state index contributed by atoms with van der Waals surface area (Å²) in [5, 5.41) is 18.0. The van der Waals surface area contributed by atoms with Crippen LogP contribution in [-0.4, -0.2) is 27.1 Å². The molecule has 0 amide bonds. The largest absolute Gasteiger partial charge is 0.478 e. The number of carboxylic acid groups (broad SMARTS) is 2. The molecule has 0 saturated carbocycles. The first-order chi connectivity index (χ1) is 8.00. The third kappa shape index (κ3) is 1.76. The lowest BCUT2D eigenvalue weighted by atomic mass is 10.1. The fraction of sp³-hybridized carbons (Fsp3) is 0. The van der Waals surface area contributed by atoms with E-state index in [9.17, 15) is 14.4 Å². The minimum atomic E-state index is -1.35. The fourth-order valence-electron chi connectivity index (χ4n) is 1.57. The van der Waals surface area contributed by atoms with E-state index in [1.807, 2.05) is 0 Å². The topological polar surface area (TPSA) is 107 Å². The number of hydrogen-bond donors (Lipinski definition) is 3. The molecule has 0 saturated heterocycles. The number of aromatic nitrogens is 1.